The van der Waals surface area contributed by atoms with E-state index >= 15 is 0 Å². The predicted molar refractivity (Wildman–Crippen MR) is 125 cm³/mol. The topological polar surface area (TPSA) is 65.0 Å². The van der Waals surface area contributed by atoms with Crippen molar-refractivity contribution in [3.05, 3.63) is 41.4 Å². The normalized spacial score (nSPS) is 18.5. The number of piperidine rings is 1. The molecule has 0 atom stereocenters. The van der Waals surface area contributed by atoms with Crippen LogP contribution >= 0.6 is 11.3 Å². The molecule has 30 heavy (non-hydrogen) atoms. The molecule has 0 saturated carbocycles. The fourth-order valence-electron chi connectivity index (χ4n) is 3.99. The molecule has 0 radical (unpaired) electrons. The predicted octanol–water partition coefficient (Wildman–Crippen LogP) is 2.70. The van der Waals surface area contributed by atoms with Crippen LogP contribution < -0.4 is 20.4 Å². The van der Waals surface area contributed by atoms with Crippen LogP contribution in [0, 0.1) is 0 Å². The summed E-state index contributed by atoms with van der Waals surface area (Å²) in [7, 11) is 0. The van der Waals surface area contributed by atoms with Gasteiger partial charge in [0, 0.05) is 50.5 Å². The maximum atomic E-state index is 5.49. The molecule has 0 unspecified atom stereocenters. The number of aromatic nitrogens is 1. The minimum Gasteiger partial charge on any atom is -0.378 e. The van der Waals surface area contributed by atoms with E-state index < -0.39 is 0 Å². The van der Waals surface area contributed by atoms with E-state index in [2.05, 4.69) is 55.9 Å². The van der Waals surface area contributed by atoms with Crippen LogP contribution in [0.25, 0.3) is 0 Å². The molecule has 4 rings (SSSR count). The van der Waals surface area contributed by atoms with E-state index in [1.54, 1.807) is 0 Å². The number of anilines is 2. The first-order valence-corrected chi connectivity index (χ1v) is 11.8. The number of morpholine rings is 1. The van der Waals surface area contributed by atoms with Gasteiger partial charge in [0.2, 0.25) is 0 Å². The maximum absolute atomic E-state index is 5.49. The third kappa shape index (κ3) is 5.43. The summed E-state index contributed by atoms with van der Waals surface area (Å²) in [6.45, 7) is 9.03. The van der Waals surface area contributed by atoms with E-state index in [-0.39, 0.29) is 0 Å². The van der Waals surface area contributed by atoms with Crippen molar-refractivity contribution in [2.45, 2.75) is 32.4 Å². The minimum atomic E-state index is 0.451. The summed E-state index contributed by atoms with van der Waals surface area (Å²) in [4.78, 5) is 14.3. The Labute approximate surface area is 183 Å². The lowest BCUT2D eigenvalue weighted by atomic mass is 10.1. The second-order valence-electron chi connectivity index (χ2n) is 7.64. The first kappa shape index (κ1) is 20.9. The first-order valence-electron chi connectivity index (χ1n) is 10.9. The number of hydrogen-bond donors (Lipinski definition) is 2. The van der Waals surface area contributed by atoms with Gasteiger partial charge >= 0.3 is 0 Å². The molecule has 2 aromatic rings. The number of aliphatic imine (C=N–C) groups is 1. The fraction of sp³-hybridized carbons (Fsp3) is 0.545. The van der Waals surface area contributed by atoms with Gasteiger partial charge in [0.15, 0.2) is 5.96 Å². The largest absolute Gasteiger partial charge is 0.378 e. The van der Waals surface area contributed by atoms with Gasteiger partial charge < -0.3 is 25.2 Å². The van der Waals surface area contributed by atoms with E-state index in [0.29, 0.717) is 12.6 Å². The minimum absolute atomic E-state index is 0.451. The highest BCUT2D eigenvalue weighted by molar-refractivity contribution is 7.14. The van der Waals surface area contributed by atoms with E-state index in [9.17, 15) is 0 Å². The van der Waals surface area contributed by atoms with Crippen LogP contribution in [0.2, 0.25) is 0 Å². The van der Waals surface area contributed by atoms with Gasteiger partial charge in [-0.05, 0) is 43.3 Å². The third-order valence-corrected chi connectivity index (χ3v) is 6.51. The standard InChI is InChI=1S/C22H32N6OS/c1-2-23-22(26-19-7-10-27(11-8-19)20-6-4-16-30-20)25-17-18-5-3-9-24-21(18)28-12-14-29-15-13-28/h3-6,9,16,19H,2,7-8,10-15,17H2,1H3,(H2,23,25,26). The molecule has 162 valence electrons. The molecule has 2 fully saturated rings. The van der Waals surface area contributed by atoms with Crippen molar-refractivity contribution in [3.8, 4) is 0 Å². The average molecular weight is 429 g/mol. The summed E-state index contributed by atoms with van der Waals surface area (Å²) in [6.07, 6.45) is 4.10. The van der Waals surface area contributed by atoms with Crippen molar-refractivity contribution in [3.63, 3.8) is 0 Å². The molecule has 8 heteroatoms. The van der Waals surface area contributed by atoms with Gasteiger partial charge in [0.05, 0.1) is 24.8 Å². The van der Waals surface area contributed by atoms with Crippen LogP contribution in [-0.4, -0.2) is 62.9 Å². The molecular formula is C22H32N6OS. The number of hydrogen-bond acceptors (Lipinski definition) is 6. The number of ether oxygens (including phenoxy) is 1. The molecule has 0 amide bonds. The van der Waals surface area contributed by atoms with E-state index in [0.717, 1.165) is 76.1 Å². The van der Waals surface area contributed by atoms with Crippen LogP contribution in [0.15, 0.2) is 40.8 Å². The number of thiophene rings is 1. The maximum Gasteiger partial charge on any atom is 0.191 e. The van der Waals surface area contributed by atoms with Crippen LogP contribution in [0.4, 0.5) is 10.8 Å². The molecule has 0 bridgehead atoms. The van der Waals surface area contributed by atoms with Gasteiger partial charge in [-0.1, -0.05) is 6.07 Å². The van der Waals surface area contributed by atoms with Crippen LogP contribution in [0.1, 0.15) is 25.3 Å². The van der Waals surface area contributed by atoms with Gasteiger partial charge in [0.1, 0.15) is 5.82 Å². The number of pyridine rings is 1. The first-order chi connectivity index (χ1) is 14.8. The summed E-state index contributed by atoms with van der Waals surface area (Å²) < 4.78 is 5.49. The van der Waals surface area contributed by atoms with Crippen LogP contribution in [-0.2, 0) is 11.3 Å². The molecule has 2 saturated heterocycles. The van der Waals surface area contributed by atoms with Gasteiger partial charge in [-0.15, -0.1) is 11.3 Å². The molecule has 2 aromatic heterocycles. The smallest absolute Gasteiger partial charge is 0.191 e. The Morgan fingerprint density at radius 2 is 2.00 bits per heavy atom. The van der Waals surface area contributed by atoms with Gasteiger partial charge in [-0.25, -0.2) is 9.98 Å². The molecule has 7 nitrogen and oxygen atoms in total. The van der Waals surface area contributed by atoms with E-state index in [1.165, 1.54) is 5.00 Å². The molecule has 4 heterocycles. The average Bonchev–Trinajstić information content (AvgIpc) is 3.34. The Hall–Kier alpha value is -2.32. The zero-order valence-corrected chi connectivity index (χ0v) is 18.5. The summed E-state index contributed by atoms with van der Waals surface area (Å²) in [5, 5.41) is 10.6. The van der Waals surface area contributed by atoms with Crippen molar-refractivity contribution in [1.82, 2.24) is 15.6 Å². The Morgan fingerprint density at radius 3 is 2.73 bits per heavy atom. The highest BCUT2D eigenvalue weighted by Gasteiger charge is 2.21. The summed E-state index contributed by atoms with van der Waals surface area (Å²) in [5.74, 6) is 1.92. The highest BCUT2D eigenvalue weighted by atomic mass is 32.1. The lowest BCUT2D eigenvalue weighted by Crippen LogP contribution is -2.48. The molecule has 2 aliphatic rings. The van der Waals surface area contributed by atoms with E-state index in [4.69, 9.17) is 9.73 Å². The molecule has 0 aliphatic carbocycles. The monoisotopic (exact) mass is 428 g/mol. The van der Waals surface area contributed by atoms with Crippen LogP contribution in [0.5, 0.6) is 0 Å². The highest BCUT2D eigenvalue weighted by Crippen LogP contribution is 2.25. The number of rotatable bonds is 6. The van der Waals surface area contributed by atoms with Crippen LogP contribution in [0.3, 0.4) is 0 Å². The zero-order valence-electron chi connectivity index (χ0n) is 17.7. The lowest BCUT2D eigenvalue weighted by molar-refractivity contribution is 0.122. The second kappa shape index (κ2) is 10.6. The number of nitrogens with one attached hydrogen (secondary N) is 2. The van der Waals surface area contributed by atoms with Gasteiger partial charge in [-0.3, -0.25) is 0 Å². The summed E-state index contributed by atoms with van der Waals surface area (Å²) in [5.41, 5.74) is 1.16. The summed E-state index contributed by atoms with van der Waals surface area (Å²) in [6, 6.07) is 8.92. The quantitative estimate of drug-likeness (QED) is 0.545. The van der Waals surface area contributed by atoms with E-state index in [1.807, 2.05) is 23.6 Å². The molecule has 2 aliphatic heterocycles. The number of nitrogens with zero attached hydrogens (tertiary/aromatic N) is 4. The summed E-state index contributed by atoms with van der Waals surface area (Å²) >= 11 is 1.82. The Kier molecular flexibility index (Phi) is 7.42. The molecular weight excluding hydrogens is 396 g/mol. The fourth-order valence-corrected chi connectivity index (χ4v) is 4.77. The molecule has 0 spiro atoms. The third-order valence-electron chi connectivity index (χ3n) is 5.58. The van der Waals surface area contributed by atoms with Gasteiger partial charge in [0.25, 0.3) is 0 Å². The Balaban J connectivity index is 1.36. The molecule has 2 N–H and O–H groups in total. The molecule has 0 aromatic carbocycles. The Bertz CT molecular complexity index is 798. The second-order valence-corrected chi connectivity index (χ2v) is 8.56. The van der Waals surface area contributed by atoms with Crippen molar-refractivity contribution in [1.29, 1.82) is 0 Å². The lowest BCUT2D eigenvalue weighted by Gasteiger charge is -2.33. The number of guanidine groups is 1. The SMILES string of the molecule is CCNC(=NCc1cccnc1N1CCOCC1)NC1CCN(c2cccs2)CC1. The van der Waals surface area contributed by atoms with Crippen molar-refractivity contribution < 1.29 is 4.74 Å². The van der Waals surface area contributed by atoms with Crippen molar-refractivity contribution in [2.75, 3.05) is 55.7 Å². The Morgan fingerprint density at radius 1 is 1.17 bits per heavy atom. The van der Waals surface area contributed by atoms with Crippen molar-refractivity contribution in [2.24, 2.45) is 4.99 Å². The zero-order chi connectivity index (χ0) is 20.6. The van der Waals surface area contributed by atoms with Crippen molar-refractivity contribution >= 4 is 28.1 Å². The van der Waals surface area contributed by atoms with Gasteiger partial charge in [-0.2, -0.15) is 0 Å².